The second kappa shape index (κ2) is 5.29. The third-order valence-electron chi connectivity index (χ3n) is 2.44. The third-order valence-corrected chi connectivity index (χ3v) is 2.44. The van der Waals surface area contributed by atoms with Crippen LogP contribution < -0.4 is 0 Å². The van der Waals surface area contributed by atoms with Crippen molar-refractivity contribution in [2.24, 2.45) is 0 Å². The van der Waals surface area contributed by atoms with E-state index in [1.54, 1.807) is 6.07 Å². The van der Waals surface area contributed by atoms with Crippen LogP contribution >= 0.6 is 0 Å². The van der Waals surface area contributed by atoms with E-state index in [0.29, 0.717) is 18.4 Å². The van der Waals surface area contributed by atoms with Crippen LogP contribution in [0, 0.1) is 6.92 Å². The molecule has 0 fully saturated rings. The Balaban J connectivity index is 2.77. The first-order chi connectivity index (χ1) is 7.19. The molecule has 1 aromatic rings. The summed E-state index contributed by atoms with van der Waals surface area (Å²) in [5.41, 5.74) is 2.64. The fourth-order valence-corrected chi connectivity index (χ4v) is 1.44. The van der Waals surface area contributed by atoms with Gasteiger partial charge in [-0.05, 0) is 24.5 Å². The van der Waals surface area contributed by atoms with Gasteiger partial charge in [0.05, 0.1) is 7.11 Å². The van der Waals surface area contributed by atoms with Crippen LogP contribution in [0.1, 0.15) is 27.9 Å². The number of hydrogen-bond donors (Lipinski definition) is 0. The summed E-state index contributed by atoms with van der Waals surface area (Å²) >= 11 is 0. The van der Waals surface area contributed by atoms with E-state index >= 15 is 0 Å². The van der Waals surface area contributed by atoms with Gasteiger partial charge >= 0.3 is 5.97 Å². The van der Waals surface area contributed by atoms with E-state index in [1.807, 2.05) is 19.1 Å². The molecule has 1 aromatic carbocycles. The minimum atomic E-state index is -0.231. The van der Waals surface area contributed by atoms with Crippen LogP contribution in [0.2, 0.25) is 0 Å². The highest BCUT2D eigenvalue weighted by atomic mass is 16.5. The highest BCUT2D eigenvalue weighted by Crippen LogP contribution is 2.14. The molecule has 0 aliphatic heterocycles. The summed E-state index contributed by atoms with van der Waals surface area (Å²) in [7, 11) is 1.37. The molecule has 0 N–H and O–H groups in total. The molecule has 3 nitrogen and oxygen atoms in total. The van der Waals surface area contributed by atoms with Crippen molar-refractivity contribution in [3.05, 3.63) is 34.9 Å². The Kier molecular flexibility index (Phi) is 4.03. The zero-order chi connectivity index (χ0) is 11.3. The molecule has 3 heteroatoms. The predicted octanol–water partition coefficient (Wildman–Crippen LogP) is 1.91. The molecule has 0 aromatic heterocycles. The number of esters is 1. The molecule has 80 valence electrons. The van der Waals surface area contributed by atoms with Gasteiger partial charge in [-0.2, -0.15) is 0 Å². The number of ether oxygens (including phenoxy) is 1. The summed E-state index contributed by atoms with van der Waals surface area (Å²) in [5.74, 6) is -0.231. The van der Waals surface area contributed by atoms with Crippen LogP contribution in [0.5, 0.6) is 0 Å². The second-order valence-electron chi connectivity index (χ2n) is 3.33. The first-order valence-electron chi connectivity index (χ1n) is 4.79. The Bertz CT molecular complexity index is 369. The number of methoxy groups -OCH3 is 1. The van der Waals surface area contributed by atoms with Gasteiger partial charge in [0.1, 0.15) is 6.29 Å². The predicted molar refractivity (Wildman–Crippen MR) is 56.9 cm³/mol. The average Bonchev–Trinajstić information content (AvgIpc) is 2.27. The topological polar surface area (TPSA) is 43.4 Å². The molecule has 0 amide bonds. The van der Waals surface area contributed by atoms with E-state index < -0.39 is 0 Å². The van der Waals surface area contributed by atoms with Gasteiger partial charge < -0.3 is 4.74 Å². The highest BCUT2D eigenvalue weighted by molar-refractivity contribution is 5.78. The van der Waals surface area contributed by atoms with Crippen molar-refractivity contribution in [2.45, 2.75) is 19.8 Å². The van der Waals surface area contributed by atoms with Crippen molar-refractivity contribution in [1.82, 2.24) is 0 Å². The van der Waals surface area contributed by atoms with Crippen LogP contribution in [-0.2, 0) is 16.0 Å². The number of carbonyl (C=O) groups is 2. The van der Waals surface area contributed by atoms with Crippen molar-refractivity contribution in [1.29, 1.82) is 0 Å². The smallest absolute Gasteiger partial charge is 0.305 e. The first-order valence-corrected chi connectivity index (χ1v) is 4.79. The molecule has 0 spiro atoms. The van der Waals surface area contributed by atoms with Crippen LogP contribution in [0.15, 0.2) is 18.2 Å². The monoisotopic (exact) mass is 206 g/mol. The van der Waals surface area contributed by atoms with Gasteiger partial charge in [-0.15, -0.1) is 0 Å². The second-order valence-corrected chi connectivity index (χ2v) is 3.33. The van der Waals surface area contributed by atoms with Crippen molar-refractivity contribution >= 4 is 12.3 Å². The summed E-state index contributed by atoms with van der Waals surface area (Å²) in [6.07, 6.45) is 1.79. The molecule has 0 heterocycles. The number of hydrogen-bond acceptors (Lipinski definition) is 3. The quantitative estimate of drug-likeness (QED) is 0.558. The zero-order valence-corrected chi connectivity index (χ0v) is 8.95. The van der Waals surface area contributed by atoms with Gasteiger partial charge in [-0.25, -0.2) is 0 Å². The molecule has 0 radical (unpaired) electrons. The Morgan fingerprint density at radius 3 is 2.80 bits per heavy atom. The fraction of sp³-hybridized carbons (Fsp3) is 0.333. The van der Waals surface area contributed by atoms with E-state index in [2.05, 4.69) is 4.74 Å². The van der Waals surface area contributed by atoms with Gasteiger partial charge in [-0.3, -0.25) is 9.59 Å². The molecular formula is C12H14O3. The van der Waals surface area contributed by atoms with E-state index in [1.165, 1.54) is 7.11 Å². The van der Waals surface area contributed by atoms with Gasteiger partial charge in [0, 0.05) is 12.0 Å². The summed E-state index contributed by atoms with van der Waals surface area (Å²) in [6, 6.07) is 5.51. The van der Waals surface area contributed by atoms with Crippen LogP contribution in [-0.4, -0.2) is 19.4 Å². The Morgan fingerprint density at radius 1 is 1.47 bits per heavy atom. The number of aryl methyl sites for hydroxylation is 1. The van der Waals surface area contributed by atoms with Crippen molar-refractivity contribution in [3.63, 3.8) is 0 Å². The maximum Gasteiger partial charge on any atom is 0.305 e. The molecule has 0 aliphatic carbocycles. The molecule has 0 atom stereocenters. The van der Waals surface area contributed by atoms with E-state index in [9.17, 15) is 9.59 Å². The molecule has 0 aliphatic rings. The summed E-state index contributed by atoms with van der Waals surface area (Å²) < 4.78 is 4.56. The number of carbonyl (C=O) groups excluding carboxylic acids is 2. The molecule has 0 unspecified atom stereocenters. The van der Waals surface area contributed by atoms with E-state index in [0.717, 1.165) is 17.4 Å². The molecule has 0 bridgehead atoms. The summed E-state index contributed by atoms with van der Waals surface area (Å²) in [6.45, 7) is 1.89. The Hall–Kier alpha value is -1.64. The highest BCUT2D eigenvalue weighted by Gasteiger charge is 2.06. The first kappa shape index (κ1) is 11.4. The summed E-state index contributed by atoms with van der Waals surface area (Å²) in [4.78, 5) is 21.6. The van der Waals surface area contributed by atoms with Crippen LogP contribution in [0.3, 0.4) is 0 Å². The molecule has 15 heavy (non-hydrogen) atoms. The van der Waals surface area contributed by atoms with Crippen molar-refractivity contribution in [2.75, 3.05) is 7.11 Å². The number of rotatable bonds is 4. The van der Waals surface area contributed by atoms with Gasteiger partial charge in [0.15, 0.2) is 0 Å². The molecule has 0 saturated heterocycles. The van der Waals surface area contributed by atoms with Gasteiger partial charge in [0.25, 0.3) is 0 Å². The van der Waals surface area contributed by atoms with E-state index in [-0.39, 0.29) is 5.97 Å². The summed E-state index contributed by atoms with van der Waals surface area (Å²) in [5, 5.41) is 0. The van der Waals surface area contributed by atoms with Gasteiger partial charge in [-0.1, -0.05) is 18.2 Å². The lowest BCUT2D eigenvalue weighted by atomic mass is 10.00. The fourth-order valence-electron chi connectivity index (χ4n) is 1.44. The normalized spacial score (nSPS) is 9.73. The average molecular weight is 206 g/mol. The van der Waals surface area contributed by atoms with Crippen LogP contribution in [0.25, 0.3) is 0 Å². The molecular weight excluding hydrogens is 192 g/mol. The maximum atomic E-state index is 11.0. The van der Waals surface area contributed by atoms with Crippen molar-refractivity contribution < 1.29 is 14.3 Å². The SMILES string of the molecule is COC(=O)CCc1cccc(C=O)c1C. The Labute approximate surface area is 89.1 Å². The molecule has 1 rings (SSSR count). The van der Waals surface area contributed by atoms with E-state index in [4.69, 9.17) is 0 Å². The van der Waals surface area contributed by atoms with Crippen molar-refractivity contribution in [3.8, 4) is 0 Å². The van der Waals surface area contributed by atoms with Gasteiger partial charge in [0.2, 0.25) is 0 Å². The Morgan fingerprint density at radius 2 is 2.20 bits per heavy atom. The molecule has 0 saturated carbocycles. The number of aldehydes is 1. The minimum absolute atomic E-state index is 0.231. The lowest BCUT2D eigenvalue weighted by Crippen LogP contribution is -2.03. The maximum absolute atomic E-state index is 11.0. The van der Waals surface area contributed by atoms with Crippen LogP contribution in [0.4, 0.5) is 0 Å². The number of benzene rings is 1. The lowest BCUT2D eigenvalue weighted by Gasteiger charge is -2.06. The minimum Gasteiger partial charge on any atom is -0.469 e. The largest absolute Gasteiger partial charge is 0.469 e. The standard InChI is InChI=1S/C12H14O3/c1-9-10(6-7-12(14)15-2)4-3-5-11(9)8-13/h3-5,8H,6-7H2,1-2H3. The lowest BCUT2D eigenvalue weighted by molar-refractivity contribution is -0.140. The zero-order valence-electron chi connectivity index (χ0n) is 8.95. The third kappa shape index (κ3) is 2.91.